The summed E-state index contributed by atoms with van der Waals surface area (Å²) in [6.07, 6.45) is 6.44. The number of anilines is 2. The quantitative estimate of drug-likeness (QED) is 0.307. The normalized spacial score (nSPS) is 16.2. The van der Waals surface area contributed by atoms with E-state index in [4.69, 9.17) is 10.3 Å². The lowest BCUT2D eigenvalue weighted by molar-refractivity contribution is 0.354. The Morgan fingerprint density at radius 3 is 2.71 bits per heavy atom. The minimum Gasteiger partial charge on any atom is -0.368 e. The number of rotatable bonds is 7. The number of nitrogens with zero attached hydrogens (tertiary/aromatic N) is 8. The number of imidazole rings is 1. The first-order valence-corrected chi connectivity index (χ1v) is 13.2. The summed E-state index contributed by atoms with van der Waals surface area (Å²) in [5, 5.41) is 4.11. The van der Waals surface area contributed by atoms with Crippen LogP contribution in [0.1, 0.15) is 24.6 Å². The highest BCUT2D eigenvalue weighted by Gasteiger charge is 2.28. The number of halogens is 1. The number of aromatic nitrogens is 7. The van der Waals surface area contributed by atoms with Gasteiger partial charge in [0, 0.05) is 80.1 Å². The maximum Gasteiger partial charge on any atom is 0.255 e. The molecule has 0 spiro atoms. The highest BCUT2D eigenvalue weighted by Crippen LogP contribution is 2.27. The fraction of sp³-hybridized carbons (Fsp3) is 0.286. The van der Waals surface area contributed by atoms with Crippen molar-refractivity contribution in [2.24, 2.45) is 12.8 Å². The van der Waals surface area contributed by atoms with E-state index in [1.54, 1.807) is 19.6 Å². The van der Waals surface area contributed by atoms with E-state index in [9.17, 15) is 9.18 Å². The summed E-state index contributed by atoms with van der Waals surface area (Å²) in [6, 6.07) is 10.4. The molecule has 4 aromatic heterocycles. The van der Waals surface area contributed by atoms with Gasteiger partial charge < -0.3 is 25.0 Å². The summed E-state index contributed by atoms with van der Waals surface area (Å²) in [7, 11) is 1.68. The predicted molar refractivity (Wildman–Crippen MR) is 151 cm³/mol. The highest BCUT2D eigenvalue weighted by molar-refractivity contribution is 5.62. The van der Waals surface area contributed by atoms with Crippen LogP contribution in [0.2, 0.25) is 0 Å². The first kappa shape index (κ1) is 26.3. The van der Waals surface area contributed by atoms with Crippen LogP contribution < -0.4 is 21.1 Å². The summed E-state index contributed by atoms with van der Waals surface area (Å²) in [5.74, 6) is 0.823. The number of hydrogen-bond donors (Lipinski definition) is 2. The van der Waals surface area contributed by atoms with Gasteiger partial charge in [-0.2, -0.15) is 4.98 Å². The summed E-state index contributed by atoms with van der Waals surface area (Å²) in [5.41, 5.74) is 9.29. The van der Waals surface area contributed by atoms with Crippen molar-refractivity contribution < 1.29 is 8.91 Å². The molecule has 210 valence electrons. The second-order valence-corrected chi connectivity index (χ2v) is 10.1. The Morgan fingerprint density at radius 2 is 1.98 bits per heavy atom. The van der Waals surface area contributed by atoms with Gasteiger partial charge in [-0.1, -0.05) is 5.16 Å². The van der Waals surface area contributed by atoms with Crippen molar-refractivity contribution >= 4 is 11.6 Å². The number of nitrogens with two attached hydrogens (primary N) is 1. The number of pyridine rings is 1. The molecule has 0 radical (unpaired) electrons. The molecule has 5 heterocycles. The van der Waals surface area contributed by atoms with Crippen LogP contribution in [0.15, 0.2) is 70.6 Å². The summed E-state index contributed by atoms with van der Waals surface area (Å²) >= 11 is 0. The third-order valence-corrected chi connectivity index (χ3v) is 7.29. The van der Waals surface area contributed by atoms with Gasteiger partial charge in [-0.3, -0.25) is 14.3 Å². The third-order valence-electron chi connectivity index (χ3n) is 7.29. The fourth-order valence-corrected chi connectivity index (χ4v) is 5.04. The first-order valence-electron chi connectivity index (χ1n) is 13.2. The molecule has 5 aromatic rings. The molecule has 0 saturated carbocycles. The Labute approximate surface area is 234 Å². The van der Waals surface area contributed by atoms with E-state index in [1.807, 2.05) is 24.3 Å². The van der Waals surface area contributed by atoms with E-state index in [2.05, 4.69) is 46.8 Å². The molecule has 6 rings (SSSR count). The van der Waals surface area contributed by atoms with Crippen molar-refractivity contribution in [2.45, 2.75) is 25.4 Å². The average molecular weight is 557 g/mol. The molecule has 41 heavy (non-hydrogen) atoms. The second-order valence-electron chi connectivity index (χ2n) is 10.1. The number of hydrogen-bond acceptors (Lipinski definition) is 10. The first-order chi connectivity index (χ1) is 19.9. The lowest BCUT2D eigenvalue weighted by Gasteiger charge is -2.42. The largest absolute Gasteiger partial charge is 0.368 e. The molecule has 13 heteroatoms. The zero-order valence-electron chi connectivity index (χ0n) is 22.6. The van der Waals surface area contributed by atoms with Crippen LogP contribution in [0.25, 0.3) is 22.6 Å². The molecule has 2 atom stereocenters. The van der Waals surface area contributed by atoms with E-state index < -0.39 is 11.9 Å². The van der Waals surface area contributed by atoms with Gasteiger partial charge in [-0.15, -0.1) is 0 Å². The molecule has 1 fully saturated rings. The van der Waals surface area contributed by atoms with Gasteiger partial charge in [0.1, 0.15) is 0 Å². The molecule has 1 aliphatic heterocycles. The molecule has 0 amide bonds. The van der Waals surface area contributed by atoms with Gasteiger partial charge in [0.05, 0.1) is 24.3 Å². The molecule has 12 nitrogen and oxygen atoms in total. The lowest BCUT2D eigenvalue weighted by atomic mass is 10.1. The molecule has 3 N–H and O–H groups in total. The Hall–Kier alpha value is -4.91. The van der Waals surface area contributed by atoms with Crippen LogP contribution in [0, 0.1) is 5.82 Å². The van der Waals surface area contributed by atoms with Gasteiger partial charge in [0.15, 0.2) is 5.82 Å². The second kappa shape index (κ2) is 10.9. The Morgan fingerprint density at radius 1 is 1.15 bits per heavy atom. The molecular formula is C28H29FN10O2. The van der Waals surface area contributed by atoms with Gasteiger partial charge >= 0.3 is 0 Å². The van der Waals surface area contributed by atoms with Crippen LogP contribution in [0.3, 0.4) is 0 Å². The fourth-order valence-electron chi connectivity index (χ4n) is 5.04. The van der Waals surface area contributed by atoms with Gasteiger partial charge in [-0.05, 0) is 37.3 Å². The van der Waals surface area contributed by atoms with Crippen molar-refractivity contribution in [2.75, 3.05) is 29.4 Å². The number of piperazine rings is 1. The summed E-state index contributed by atoms with van der Waals surface area (Å²) in [4.78, 5) is 37.1. The lowest BCUT2D eigenvalue weighted by Crippen LogP contribution is -2.53. The third kappa shape index (κ3) is 5.31. The van der Waals surface area contributed by atoms with E-state index in [0.717, 1.165) is 23.1 Å². The van der Waals surface area contributed by atoms with E-state index in [-0.39, 0.29) is 17.2 Å². The molecule has 1 aliphatic rings. The highest BCUT2D eigenvalue weighted by atomic mass is 19.1. The Bertz CT molecular complexity index is 1700. The van der Waals surface area contributed by atoms with Crippen molar-refractivity contribution in [3.05, 3.63) is 89.1 Å². The SMILES string of the molecule is C[C@@H]1CN(c2ccc(-c3noc([C@@H](N)Cc4cnc[nH]4)n3)cc2)CCN1c1nc(-c2ccncc2F)cc(=O)n1C. The van der Waals surface area contributed by atoms with Crippen molar-refractivity contribution in [3.8, 4) is 22.6 Å². The van der Waals surface area contributed by atoms with Gasteiger partial charge in [-0.25, -0.2) is 14.4 Å². The van der Waals surface area contributed by atoms with Crippen molar-refractivity contribution in [3.63, 3.8) is 0 Å². The van der Waals surface area contributed by atoms with Crippen LogP contribution in [0.5, 0.6) is 0 Å². The zero-order valence-corrected chi connectivity index (χ0v) is 22.6. The van der Waals surface area contributed by atoms with Gasteiger partial charge in [0.25, 0.3) is 5.56 Å². The Balaban J connectivity index is 1.15. The standard InChI is InChI=1S/C28H29FN10O2/c1-17-15-38(9-10-39(17)28-34-24(12-25(40)37(28)2)21-7-8-31-14-22(21)29)20-5-3-18(4-6-20)26-35-27(41-36-26)23(30)11-19-13-32-16-33-19/h3-8,12-14,16-17,23H,9-11,15,30H2,1-2H3,(H,32,33)/t17-,23+/m1/s1. The molecule has 0 aliphatic carbocycles. The molecular weight excluding hydrogens is 527 g/mol. The zero-order chi connectivity index (χ0) is 28.5. The predicted octanol–water partition coefficient (Wildman–Crippen LogP) is 2.71. The summed E-state index contributed by atoms with van der Waals surface area (Å²) in [6.45, 7) is 4.13. The number of benzene rings is 1. The maximum absolute atomic E-state index is 14.4. The monoisotopic (exact) mass is 556 g/mol. The van der Waals surface area contributed by atoms with E-state index in [1.165, 1.54) is 22.9 Å². The number of H-pyrrole nitrogens is 1. The topological polar surface area (TPSA) is 148 Å². The Kier molecular flexibility index (Phi) is 7.01. The molecule has 1 aromatic carbocycles. The van der Waals surface area contributed by atoms with E-state index in [0.29, 0.717) is 49.4 Å². The summed E-state index contributed by atoms with van der Waals surface area (Å²) < 4.78 is 21.3. The van der Waals surface area contributed by atoms with Crippen molar-refractivity contribution in [1.82, 2.24) is 34.6 Å². The van der Waals surface area contributed by atoms with Crippen LogP contribution in [-0.4, -0.2) is 60.3 Å². The van der Waals surface area contributed by atoms with Crippen LogP contribution in [0.4, 0.5) is 16.0 Å². The molecule has 1 saturated heterocycles. The number of aromatic amines is 1. The smallest absolute Gasteiger partial charge is 0.255 e. The minimum absolute atomic E-state index is 0.0372. The van der Waals surface area contributed by atoms with Crippen LogP contribution in [-0.2, 0) is 13.5 Å². The van der Waals surface area contributed by atoms with Crippen molar-refractivity contribution in [1.29, 1.82) is 0 Å². The van der Waals surface area contributed by atoms with E-state index >= 15 is 0 Å². The maximum atomic E-state index is 14.4. The molecule has 0 bridgehead atoms. The van der Waals surface area contributed by atoms with Gasteiger partial charge in [0.2, 0.25) is 17.7 Å². The average Bonchev–Trinajstić information content (AvgIpc) is 3.68. The van der Waals surface area contributed by atoms with Crippen LogP contribution >= 0.6 is 0 Å². The molecule has 0 unspecified atom stereocenters. The number of nitrogens with one attached hydrogen (secondary N) is 1. The minimum atomic E-state index is -0.519.